The number of aryl methyl sites for hydroxylation is 1. The first-order valence-electron chi connectivity index (χ1n) is 10.1. The summed E-state index contributed by atoms with van der Waals surface area (Å²) in [7, 11) is 1.76. The van der Waals surface area contributed by atoms with E-state index >= 15 is 0 Å². The summed E-state index contributed by atoms with van der Waals surface area (Å²) in [5, 5.41) is 11.4. The third-order valence-electron chi connectivity index (χ3n) is 5.19. The number of aromatic nitrogens is 3. The SMILES string of the molecule is CCc1nncn1CCNC(=NC)N1CCN(Cc2cccc(C(F)(F)F)c2)CC1. The predicted octanol–water partition coefficient (Wildman–Crippen LogP) is 2.25. The largest absolute Gasteiger partial charge is 0.416 e. The second-order valence-electron chi connectivity index (χ2n) is 7.23. The highest BCUT2D eigenvalue weighted by atomic mass is 19.4. The smallest absolute Gasteiger partial charge is 0.354 e. The van der Waals surface area contributed by atoms with Crippen LogP contribution in [0.5, 0.6) is 0 Å². The van der Waals surface area contributed by atoms with Crippen molar-refractivity contribution in [1.82, 2.24) is 29.9 Å². The number of guanidine groups is 1. The van der Waals surface area contributed by atoms with Gasteiger partial charge in [0.2, 0.25) is 0 Å². The van der Waals surface area contributed by atoms with Crippen LogP contribution < -0.4 is 5.32 Å². The third-order valence-corrected chi connectivity index (χ3v) is 5.19. The van der Waals surface area contributed by atoms with Crippen LogP contribution in [0.25, 0.3) is 0 Å². The number of benzene rings is 1. The number of hydrogen-bond donors (Lipinski definition) is 1. The zero-order chi connectivity index (χ0) is 21.6. The van der Waals surface area contributed by atoms with Crippen LogP contribution in [0, 0.1) is 0 Å². The maximum atomic E-state index is 12.9. The molecule has 3 rings (SSSR count). The van der Waals surface area contributed by atoms with Gasteiger partial charge in [0.15, 0.2) is 5.96 Å². The van der Waals surface area contributed by atoms with Gasteiger partial charge in [0.05, 0.1) is 5.56 Å². The van der Waals surface area contributed by atoms with E-state index in [0.29, 0.717) is 18.7 Å². The fourth-order valence-corrected chi connectivity index (χ4v) is 3.58. The fraction of sp³-hybridized carbons (Fsp3) is 0.550. The Hall–Kier alpha value is -2.62. The van der Waals surface area contributed by atoms with Crippen molar-refractivity contribution in [2.75, 3.05) is 39.8 Å². The summed E-state index contributed by atoms with van der Waals surface area (Å²) >= 11 is 0. The lowest BCUT2D eigenvalue weighted by atomic mass is 10.1. The van der Waals surface area contributed by atoms with E-state index in [2.05, 4.69) is 30.3 Å². The van der Waals surface area contributed by atoms with Crippen molar-refractivity contribution in [3.8, 4) is 0 Å². The molecule has 1 aromatic heterocycles. The second-order valence-corrected chi connectivity index (χ2v) is 7.23. The van der Waals surface area contributed by atoms with Crippen LogP contribution in [0.4, 0.5) is 13.2 Å². The minimum atomic E-state index is -4.31. The Balaban J connectivity index is 1.47. The molecule has 1 saturated heterocycles. The average molecular weight is 423 g/mol. The van der Waals surface area contributed by atoms with E-state index < -0.39 is 11.7 Å². The summed E-state index contributed by atoms with van der Waals surface area (Å²) in [5.74, 6) is 1.79. The molecule has 0 amide bonds. The normalized spacial score (nSPS) is 16.2. The third kappa shape index (κ3) is 5.71. The van der Waals surface area contributed by atoms with Gasteiger partial charge in [0.25, 0.3) is 0 Å². The number of nitrogens with one attached hydrogen (secondary N) is 1. The first-order chi connectivity index (χ1) is 14.4. The van der Waals surface area contributed by atoms with Crippen LogP contribution in [-0.4, -0.2) is 70.3 Å². The van der Waals surface area contributed by atoms with Crippen LogP contribution in [0.3, 0.4) is 0 Å². The number of halogens is 3. The molecule has 0 unspecified atom stereocenters. The second kappa shape index (κ2) is 9.92. The molecule has 1 fully saturated rings. The van der Waals surface area contributed by atoms with E-state index in [1.807, 2.05) is 11.5 Å². The van der Waals surface area contributed by atoms with Crippen molar-refractivity contribution in [2.24, 2.45) is 4.99 Å². The van der Waals surface area contributed by atoms with Crippen LogP contribution in [0.1, 0.15) is 23.9 Å². The molecule has 2 heterocycles. The Kier molecular flexibility index (Phi) is 7.30. The molecular formula is C20H28F3N7. The molecule has 0 radical (unpaired) electrons. The van der Waals surface area contributed by atoms with Crippen molar-refractivity contribution in [1.29, 1.82) is 0 Å². The van der Waals surface area contributed by atoms with E-state index in [4.69, 9.17) is 0 Å². The Morgan fingerprint density at radius 3 is 2.63 bits per heavy atom. The van der Waals surface area contributed by atoms with Gasteiger partial charge in [-0.2, -0.15) is 13.2 Å². The minimum Gasteiger partial charge on any atom is -0.354 e. The van der Waals surface area contributed by atoms with Crippen LogP contribution >= 0.6 is 0 Å². The zero-order valence-electron chi connectivity index (χ0n) is 17.4. The lowest BCUT2D eigenvalue weighted by molar-refractivity contribution is -0.137. The quantitative estimate of drug-likeness (QED) is 0.571. The zero-order valence-corrected chi connectivity index (χ0v) is 17.4. The topological polar surface area (TPSA) is 61.6 Å². The molecule has 2 aromatic rings. The molecule has 0 aliphatic carbocycles. The Bertz CT molecular complexity index is 839. The summed E-state index contributed by atoms with van der Waals surface area (Å²) in [6, 6.07) is 5.57. The summed E-state index contributed by atoms with van der Waals surface area (Å²) < 4.78 is 40.8. The van der Waals surface area contributed by atoms with Crippen molar-refractivity contribution in [3.05, 3.63) is 47.5 Å². The molecular weight excluding hydrogens is 395 g/mol. The molecule has 1 aliphatic rings. The molecule has 0 spiro atoms. The van der Waals surface area contributed by atoms with Gasteiger partial charge in [0, 0.05) is 59.3 Å². The van der Waals surface area contributed by atoms with Gasteiger partial charge < -0.3 is 14.8 Å². The number of hydrogen-bond acceptors (Lipinski definition) is 4. The fourth-order valence-electron chi connectivity index (χ4n) is 3.58. The van der Waals surface area contributed by atoms with Gasteiger partial charge in [-0.1, -0.05) is 25.1 Å². The minimum absolute atomic E-state index is 0.511. The van der Waals surface area contributed by atoms with E-state index in [1.54, 1.807) is 19.4 Å². The van der Waals surface area contributed by atoms with Crippen LogP contribution in [0.15, 0.2) is 35.6 Å². The van der Waals surface area contributed by atoms with Gasteiger partial charge >= 0.3 is 6.18 Å². The maximum absolute atomic E-state index is 12.9. The number of piperazine rings is 1. The first-order valence-corrected chi connectivity index (χ1v) is 10.1. The summed E-state index contributed by atoms with van der Waals surface area (Å²) in [5.41, 5.74) is 0.0870. The molecule has 30 heavy (non-hydrogen) atoms. The van der Waals surface area contributed by atoms with E-state index in [-0.39, 0.29) is 0 Å². The maximum Gasteiger partial charge on any atom is 0.416 e. The lowest BCUT2D eigenvalue weighted by Gasteiger charge is -2.36. The molecule has 0 atom stereocenters. The van der Waals surface area contributed by atoms with Crippen LogP contribution in [-0.2, 0) is 25.7 Å². The standard InChI is InChI=1S/C20H28F3N7/c1-3-18-27-26-15-30(18)8-7-25-19(24-2)29-11-9-28(10-12-29)14-16-5-4-6-17(13-16)20(21,22)23/h4-6,13,15H,3,7-12,14H2,1-2H3,(H,24,25). The van der Waals surface area contributed by atoms with Crippen molar-refractivity contribution < 1.29 is 13.2 Å². The summed E-state index contributed by atoms with van der Waals surface area (Å²) in [6.07, 6.45) is -1.74. The van der Waals surface area contributed by atoms with Gasteiger partial charge in [-0.15, -0.1) is 10.2 Å². The Morgan fingerprint density at radius 1 is 1.20 bits per heavy atom. The number of nitrogens with zero attached hydrogens (tertiary/aromatic N) is 6. The Morgan fingerprint density at radius 2 is 1.97 bits per heavy atom. The Labute approximate surface area is 174 Å². The van der Waals surface area contributed by atoms with Crippen molar-refractivity contribution >= 4 is 5.96 Å². The molecule has 0 saturated carbocycles. The lowest BCUT2D eigenvalue weighted by Crippen LogP contribution is -2.52. The number of alkyl halides is 3. The monoisotopic (exact) mass is 423 g/mol. The molecule has 164 valence electrons. The highest BCUT2D eigenvalue weighted by Crippen LogP contribution is 2.29. The highest BCUT2D eigenvalue weighted by molar-refractivity contribution is 5.79. The molecule has 10 heteroatoms. The first kappa shape index (κ1) is 22.1. The van der Waals surface area contributed by atoms with Gasteiger partial charge in [-0.05, 0) is 11.6 Å². The van der Waals surface area contributed by atoms with Crippen molar-refractivity contribution in [3.63, 3.8) is 0 Å². The number of aliphatic imine (C=N–C) groups is 1. The summed E-state index contributed by atoms with van der Waals surface area (Å²) in [6.45, 7) is 7.09. The summed E-state index contributed by atoms with van der Waals surface area (Å²) in [4.78, 5) is 8.71. The average Bonchev–Trinajstić information content (AvgIpc) is 3.19. The highest BCUT2D eigenvalue weighted by Gasteiger charge is 2.30. The van der Waals surface area contributed by atoms with E-state index in [9.17, 15) is 13.2 Å². The molecule has 7 nitrogen and oxygen atoms in total. The molecule has 1 aliphatic heterocycles. The van der Waals surface area contributed by atoms with Gasteiger partial charge in [-0.3, -0.25) is 9.89 Å². The van der Waals surface area contributed by atoms with E-state index in [0.717, 1.165) is 57.0 Å². The van der Waals surface area contributed by atoms with Gasteiger partial charge in [-0.25, -0.2) is 0 Å². The van der Waals surface area contributed by atoms with Crippen molar-refractivity contribution in [2.45, 2.75) is 32.6 Å². The molecule has 1 N–H and O–H groups in total. The molecule has 1 aromatic carbocycles. The predicted molar refractivity (Wildman–Crippen MR) is 109 cm³/mol. The number of rotatable bonds is 6. The molecule has 0 bridgehead atoms. The van der Waals surface area contributed by atoms with E-state index in [1.165, 1.54) is 12.1 Å². The van der Waals surface area contributed by atoms with Crippen LogP contribution in [0.2, 0.25) is 0 Å². The van der Waals surface area contributed by atoms with Gasteiger partial charge in [0.1, 0.15) is 12.2 Å².